The largest absolute Gasteiger partial charge is 0.307 e. The van der Waals surface area contributed by atoms with E-state index in [9.17, 15) is 4.79 Å². The molecule has 1 saturated heterocycles. The Balaban J connectivity index is 1.94. The van der Waals surface area contributed by atoms with E-state index in [1.165, 1.54) is 11.8 Å². The van der Waals surface area contributed by atoms with Crippen molar-refractivity contribution in [2.24, 2.45) is 0 Å². The summed E-state index contributed by atoms with van der Waals surface area (Å²) in [5.74, 6) is 0. The molecule has 0 radical (unpaired) electrons. The SMILES string of the molecule is O=C(Sc1ccccn1)[C@@H]1CCCN1. The molecular formula is C10H12N2OS. The Hall–Kier alpha value is -0.870. The van der Waals surface area contributed by atoms with Crippen molar-refractivity contribution in [3.05, 3.63) is 24.4 Å². The average Bonchev–Trinajstić information content (AvgIpc) is 2.72. The van der Waals surface area contributed by atoms with Gasteiger partial charge in [0.25, 0.3) is 0 Å². The molecule has 2 rings (SSSR count). The van der Waals surface area contributed by atoms with Gasteiger partial charge < -0.3 is 5.32 Å². The second-order valence-electron chi connectivity index (χ2n) is 3.24. The molecule has 1 atom stereocenters. The van der Waals surface area contributed by atoms with Crippen molar-refractivity contribution < 1.29 is 4.79 Å². The lowest BCUT2D eigenvalue weighted by atomic mass is 10.2. The predicted octanol–water partition coefficient (Wildman–Crippen LogP) is 1.45. The van der Waals surface area contributed by atoms with Gasteiger partial charge >= 0.3 is 0 Å². The fourth-order valence-electron chi connectivity index (χ4n) is 1.47. The summed E-state index contributed by atoms with van der Waals surface area (Å²) in [6.45, 7) is 0.958. The third-order valence-electron chi connectivity index (χ3n) is 2.19. The first-order valence-corrected chi connectivity index (χ1v) is 5.54. The van der Waals surface area contributed by atoms with Gasteiger partial charge in [-0.2, -0.15) is 0 Å². The number of hydrogen-bond donors (Lipinski definition) is 1. The van der Waals surface area contributed by atoms with E-state index >= 15 is 0 Å². The summed E-state index contributed by atoms with van der Waals surface area (Å²) in [5.41, 5.74) is 0. The van der Waals surface area contributed by atoms with Crippen LogP contribution < -0.4 is 5.32 Å². The standard InChI is InChI=1S/C10H12N2OS/c13-10(8-4-3-7-11-8)14-9-5-1-2-6-12-9/h1-2,5-6,8,11H,3-4,7H2/t8-/m0/s1. The molecule has 14 heavy (non-hydrogen) atoms. The van der Waals surface area contributed by atoms with Gasteiger partial charge in [-0.25, -0.2) is 4.98 Å². The van der Waals surface area contributed by atoms with Gasteiger partial charge in [0.15, 0.2) is 0 Å². The van der Waals surface area contributed by atoms with Crippen LogP contribution in [0.15, 0.2) is 29.4 Å². The van der Waals surface area contributed by atoms with Crippen LogP contribution in [-0.2, 0) is 4.79 Å². The fourth-order valence-corrected chi connectivity index (χ4v) is 2.28. The van der Waals surface area contributed by atoms with E-state index in [4.69, 9.17) is 0 Å². The Labute approximate surface area is 87.3 Å². The van der Waals surface area contributed by atoms with Gasteiger partial charge in [0, 0.05) is 6.20 Å². The van der Waals surface area contributed by atoms with Crippen molar-refractivity contribution in [1.82, 2.24) is 10.3 Å². The number of carbonyl (C=O) groups is 1. The minimum atomic E-state index is 0.0296. The van der Waals surface area contributed by atoms with Crippen LogP contribution in [0, 0.1) is 0 Å². The Kier molecular flexibility index (Phi) is 3.16. The molecule has 0 unspecified atom stereocenters. The van der Waals surface area contributed by atoms with Gasteiger partial charge in [-0.05, 0) is 43.3 Å². The maximum atomic E-state index is 11.7. The first kappa shape index (κ1) is 9.68. The van der Waals surface area contributed by atoms with Crippen LogP contribution in [-0.4, -0.2) is 22.7 Å². The molecule has 1 fully saturated rings. The summed E-state index contributed by atoms with van der Waals surface area (Å²) in [6.07, 6.45) is 3.76. The molecule has 0 spiro atoms. The quantitative estimate of drug-likeness (QED) is 0.747. The van der Waals surface area contributed by atoms with Gasteiger partial charge in [-0.15, -0.1) is 0 Å². The number of rotatable bonds is 2. The molecule has 2 heterocycles. The second kappa shape index (κ2) is 4.57. The lowest BCUT2D eigenvalue weighted by Crippen LogP contribution is -2.28. The van der Waals surface area contributed by atoms with Crippen LogP contribution >= 0.6 is 11.8 Å². The highest BCUT2D eigenvalue weighted by molar-refractivity contribution is 8.13. The third kappa shape index (κ3) is 2.33. The molecular weight excluding hydrogens is 196 g/mol. The van der Waals surface area contributed by atoms with E-state index in [2.05, 4.69) is 10.3 Å². The molecule has 4 heteroatoms. The molecule has 1 aliphatic rings. The molecule has 1 aliphatic heterocycles. The minimum absolute atomic E-state index is 0.0296. The number of carbonyl (C=O) groups excluding carboxylic acids is 1. The van der Waals surface area contributed by atoms with Crippen LogP contribution in [0.2, 0.25) is 0 Å². The molecule has 0 amide bonds. The smallest absolute Gasteiger partial charge is 0.212 e. The van der Waals surface area contributed by atoms with Gasteiger partial charge in [-0.1, -0.05) is 6.07 Å². The van der Waals surface area contributed by atoms with Crippen LogP contribution in [0.1, 0.15) is 12.8 Å². The van der Waals surface area contributed by atoms with Crippen molar-refractivity contribution in [3.63, 3.8) is 0 Å². The maximum absolute atomic E-state index is 11.7. The summed E-state index contributed by atoms with van der Waals surface area (Å²) in [6, 6.07) is 5.63. The molecule has 3 nitrogen and oxygen atoms in total. The third-order valence-corrected chi connectivity index (χ3v) is 3.12. The monoisotopic (exact) mass is 208 g/mol. The molecule has 0 saturated carbocycles. The van der Waals surface area contributed by atoms with Crippen LogP contribution in [0.25, 0.3) is 0 Å². The number of aromatic nitrogens is 1. The zero-order valence-electron chi connectivity index (χ0n) is 7.77. The Morgan fingerprint density at radius 3 is 3.14 bits per heavy atom. The molecule has 1 aromatic heterocycles. The van der Waals surface area contributed by atoms with Gasteiger partial charge in [0.1, 0.15) is 5.03 Å². The van der Waals surface area contributed by atoms with Crippen molar-refractivity contribution in [2.45, 2.75) is 23.9 Å². The maximum Gasteiger partial charge on any atom is 0.212 e. The molecule has 1 aromatic rings. The first-order valence-electron chi connectivity index (χ1n) is 4.72. The summed E-state index contributed by atoms with van der Waals surface area (Å²) in [7, 11) is 0. The van der Waals surface area contributed by atoms with Crippen molar-refractivity contribution in [3.8, 4) is 0 Å². The summed E-state index contributed by atoms with van der Waals surface area (Å²) >= 11 is 1.23. The van der Waals surface area contributed by atoms with E-state index < -0.39 is 0 Å². The van der Waals surface area contributed by atoms with Crippen molar-refractivity contribution >= 4 is 16.9 Å². The van der Waals surface area contributed by atoms with Crippen LogP contribution in [0.4, 0.5) is 0 Å². The Morgan fingerprint density at radius 1 is 1.57 bits per heavy atom. The highest BCUT2D eigenvalue weighted by Gasteiger charge is 2.22. The van der Waals surface area contributed by atoms with Gasteiger partial charge in [0.2, 0.25) is 5.12 Å². The predicted molar refractivity (Wildman–Crippen MR) is 56.1 cm³/mol. The van der Waals surface area contributed by atoms with E-state index in [-0.39, 0.29) is 11.2 Å². The summed E-state index contributed by atoms with van der Waals surface area (Å²) < 4.78 is 0. The van der Waals surface area contributed by atoms with Crippen LogP contribution in [0.3, 0.4) is 0 Å². The lowest BCUT2D eigenvalue weighted by molar-refractivity contribution is -0.112. The topological polar surface area (TPSA) is 42.0 Å². The summed E-state index contributed by atoms with van der Waals surface area (Å²) in [5, 5.41) is 4.14. The van der Waals surface area contributed by atoms with Crippen LogP contribution in [0.5, 0.6) is 0 Å². The number of nitrogens with one attached hydrogen (secondary N) is 1. The van der Waals surface area contributed by atoms with Gasteiger partial charge in [-0.3, -0.25) is 4.79 Å². The molecule has 0 bridgehead atoms. The number of hydrogen-bond acceptors (Lipinski definition) is 4. The molecule has 1 N–H and O–H groups in total. The zero-order valence-corrected chi connectivity index (χ0v) is 8.59. The highest BCUT2D eigenvalue weighted by Crippen LogP contribution is 2.20. The number of thioether (sulfide) groups is 1. The Bertz CT molecular complexity index is 309. The zero-order chi connectivity index (χ0) is 9.80. The molecule has 0 aliphatic carbocycles. The average molecular weight is 208 g/mol. The normalized spacial score (nSPS) is 21.0. The van der Waals surface area contributed by atoms with Crippen molar-refractivity contribution in [1.29, 1.82) is 0 Å². The van der Waals surface area contributed by atoms with E-state index in [1.807, 2.05) is 18.2 Å². The Morgan fingerprint density at radius 2 is 2.50 bits per heavy atom. The molecule has 0 aromatic carbocycles. The van der Waals surface area contributed by atoms with E-state index in [0.717, 1.165) is 24.4 Å². The lowest BCUT2D eigenvalue weighted by Gasteiger charge is -2.06. The minimum Gasteiger partial charge on any atom is -0.307 e. The second-order valence-corrected chi connectivity index (χ2v) is 4.26. The molecule has 74 valence electrons. The first-order chi connectivity index (χ1) is 6.86. The summed E-state index contributed by atoms with van der Waals surface area (Å²) in [4.78, 5) is 15.8. The van der Waals surface area contributed by atoms with Crippen molar-refractivity contribution in [2.75, 3.05) is 6.54 Å². The van der Waals surface area contributed by atoms with Gasteiger partial charge in [0.05, 0.1) is 6.04 Å². The highest BCUT2D eigenvalue weighted by atomic mass is 32.2. The van der Waals surface area contributed by atoms with E-state index in [0.29, 0.717) is 0 Å². The number of pyridine rings is 1. The number of nitrogens with zero attached hydrogens (tertiary/aromatic N) is 1. The van der Waals surface area contributed by atoms with E-state index in [1.54, 1.807) is 6.20 Å². The fraction of sp³-hybridized carbons (Fsp3) is 0.400.